The van der Waals surface area contributed by atoms with Crippen molar-refractivity contribution < 1.29 is 12.8 Å². The zero-order valence-corrected chi connectivity index (χ0v) is 10.3. The van der Waals surface area contributed by atoms with Gasteiger partial charge >= 0.3 is 0 Å². The number of benzene rings is 1. The van der Waals surface area contributed by atoms with Crippen molar-refractivity contribution in [1.29, 1.82) is 0 Å². The van der Waals surface area contributed by atoms with E-state index in [0.717, 1.165) is 6.07 Å². The third-order valence-corrected chi connectivity index (χ3v) is 3.57. The second-order valence-electron chi connectivity index (χ2n) is 3.47. The molecular weight excluding hydrogens is 243 g/mol. The van der Waals surface area contributed by atoms with Crippen molar-refractivity contribution in [3.8, 4) is 0 Å². The fourth-order valence-electron chi connectivity index (χ4n) is 1.16. The highest BCUT2D eigenvalue weighted by Gasteiger charge is 2.13. The summed E-state index contributed by atoms with van der Waals surface area (Å²) in [5, 5.41) is 0. The van der Waals surface area contributed by atoms with E-state index in [-0.39, 0.29) is 11.4 Å². The van der Waals surface area contributed by atoms with Crippen LogP contribution in [0.1, 0.15) is 5.56 Å². The summed E-state index contributed by atoms with van der Waals surface area (Å²) in [5.41, 5.74) is 5.62. The highest BCUT2D eigenvalue weighted by Crippen LogP contribution is 2.13. The van der Waals surface area contributed by atoms with E-state index < -0.39 is 15.8 Å². The topological polar surface area (TPSA) is 72.2 Å². The quantitative estimate of drug-likeness (QED) is 0.772. The van der Waals surface area contributed by atoms with E-state index in [1.54, 1.807) is 19.1 Å². The normalized spacial score (nSPS) is 12.2. The van der Waals surface area contributed by atoms with Crippen LogP contribution in [0.25, 0.3) is 0 Å². The molecule has 6 heteroatoms. The summed E-state index contributed by atoms with van der Waals surface area (Å²) in [4.78, 5) is -0.0817. The Balaban J connectivity index is 2.82. The third kappa shape index (κ3) is 3.92. The SMILES string of the molecule is Cc1ccc(S(=O)(=O)NC/C=C/CN)cc1F. The van der Waals surface area contributed by atoms with Gasteiger partial charge in [0.05, 0.1) is 4.90 Å². The first-order valence-corrected chi connectivity index (χ1v) is 6.56. The Kier molecular flexibility index (Phi) is 4.80. The van der Waals surface area contributed by atoms with E-state index >= 15 is 0 Å². The van der Waals surface area contributed by atoms with Crippen molar-refractivity contribution in [2.45, 2.75) is 11.8 Å². The number of nitrogens with one attached hydrogen (secondary N) is 1. The maximum absolute atomic E-state index is 13.2. The first kappa shape index (κ1) is 13.8. The Labute approximate surface area is 100 Å². The maximum Gasteiger partial charge on any atom is 0.240 e. The maximum atomic E-state index is 13.2. The molecule has 1 aromatic carbocycles. The Hall–Kier alpha value is -1.24. The average molecular weight is 258 g/mol. The molecule has 0 aliphatic carbocycles. The third-order valence-electron chi connectivity index (χ3n) is 2.15. The van der Waals surface area contributed by atoms with Crippen molar-refractivity contribution in [3.63, 3.8) is 0 Å². The fourth-order valence-corrected chi connectivity index (χ4v) is 2.15. The summed E-state index contributed by atoms with van der Waals surface area (Å²) in [6.07, 6.45) is 3.24. The number of hydrogen-bond acceptors (Lipinski definition) is 3. The standard InChI is InChI=1S/C11H15FN2O2S/c1-9-4-5-10(8-11(9)12)17(15,16)14-7-3-2-6-13/h2-5,8,14H,6-7,13H2,1H3/b3-2+. The van der Waals surface area contributed by atoms with E-state index in [0.29, 0.717) is 12.1 Å². The number of aryl methyl sites for hydroxylation is 1. The fraction of sp³-hybridized carbons (Fsp3) is 0.273. The molecule has 1 aromatic rings. The van der Waals surface area contributed by atoms with Crippen LogP contribution in [-0.2, 0) is 10.0 Å². The van der Waals surface area contributed by atoms with Crippen LogP contribution in [0.2, 0.25) is 0 Å². The number of sulfonamides is 1. The van der Waals surface area contributed by atoms with E-state index in [4.69, 9.17) is 5.73 Å². The van der Waals surface area contributed by atoms with Crippen LogP contribution in [0, 0.1) is 12.7 Å². The Bertz CT molecular complexity index is 512. The Morgan fingerprint density at radius 2 is 2.12 bits per heavy atom. The number of rotatable bonds is 5. The van der Waals surface area contributed by atoms with Gasteiger partial charge in [0.1, 0.15) is 5.82 Å². The number of halogens is 1. The van der Waals surface area contributed by atoms with Crippen LogP contribution in [0.5, 0.6) is 0 Å². The summed E-state index contributed by atoms with van der Waals surface area (Å²) in [5.74, 6) is -0.537. The van der Waals surface area contributed by atoms with Gasteiger partial charge in [-0.15, -0.1) is 0 Å². The van der Waals surface area contributed by atoms with Crippen LogP contribution >= 0.6 is 0 Å². The molecule has 17 heavy (non-hydrogen) atoms. The van der Waals surface area contributed by atoms with Crippen molar-refractivity contribution >= 4 is 10.0 Å². The molecule has 0 unspecified atom stereocenters. The molecule has 0 amide bonds. The molecule has 0 spiro atoms. The molecule has 0 fully saturated rings. The van der Waals surface area contributed by atoms with Crippen molar-refractivity contribution in [2.75, 3.05) is 13.1 Å². The molecule has 0 aromatic heterocycles. The largest absolute Gasteiger partial charge is 0.327 e. The van der Waals surface area contributed by atoms with Gasteiger partial charge in [-0.3, -0.25) is 0 Å². The first-order chi connectivity index (χ1) is 7.97. The molecule has 4 nitrogen and oxygen atoms in total. The van der Waals surface area contributed by atoms with E-state index in [1.807, 2.05) is 0 Å². The molecule has 0 aliphatic rings. The van der Waals surface area contributed by atoms with Crippen molar-refractivity contribution in [3.05, 3.63) is 41.7 Å². The summed E-state index contributed by atoms with van der Waals surface area (Å²) in [6, 6.07) is 3.80. The lowest BCUT2D eigenvalue weighted by Crippen LogP contribution is -2.24. The number of nitrogens with two attached hydrogens (primary N) is 1. The lowest BCUT2D eigenvalue weighted by Gasteiger charge is -2.05. The van der Waals surface area contributed by atoms with E-state index in [2.05, 4.69) is 4.72 Å². The second kappa shape index (κ2) is 5.90. The molecule has 3 N–H and O–H groups in total. The summed E-state index contributed by atoms with van der Waals surface area (Å²) in [7, 11) is -3.66. The van der Waals surface area contributed by atoms with Gasteiger partial charge in [0, 0.05) is 13.1 Å². The molecule has 0 saturated carbocycles. The van der Waals surface area contributed by atoms with E-state index in [1.165, 1.54) is 12.1 Å². The van der Waals surface area contributed by atoms with Gasteiger partial charge in [0.25, 0.3) is 0 Å². The van der Waals surface area contributed by atoms with Crippen LogP contribution < -0.4 is 10.5 Å². The minimum absolute atomic E-state index is 0.0817. The van der Waals surface area contributed by atoms with Gasteiger partial charge in [-0.05, 0) is 24.6 Å². The molecule has 1 rings (SSSR count). The molecule has 0 radical (unpaired) electrons. The van der Waals surface area contributed by atoms with Gasteiger partial charge in [-0.2, -0.15) is 0 Å². The molecule has 94 valence electrons. The van der Waals surface area contributed by atoms with Gasteiger partial charge < -0.3 is 5.73 Å². The van der Waals surface area contributed by atoms with Crippen molar-refractivity contribution in [2.24, 2.45) is 5.73 Å². The summed E-state index contributed by atoms with van der Waals surface area (Å²) < 4.78 is 39.0. The summed E-state index contributed by atoms with van der Waals surface area (Å²) >= 11 is 0. The molecule has 0 heterocycles. The molecule has 0 atom stereocenters. The van der Waals surface area contributed by atoms with Crippen LogP contribution in [-0.4, -0.2) is 21.5 Å². The highest BCUT2D eigenvalue weighted by molar-refractivity contribution is 7.89. The smallest absolute Gasteiger partial charge is 0.240 e. The predicted octanol–water partition coefficient (Wildman–Crippen LogP) is 0.927. The second-order valence-corrected chi connectivity index (χ2v) is 5.24. The van der Waals surface area contributed by atoms with E-state index in [9.17, 15) is 12.8 Å². The molecule has 0 saturated heterocycles. The van der Waals surface area contributed by atoms with Gasteiger partial charge in [-0.25, -0.2) is 17.5 Å². The van der Waals surface area contributed by atoms with Crippen molar-refractivity contribution in [1.82, 2.24) is 4.72 Å². The zero-order chi connectivity index (χ0) is 12.9. The first-order valence-electron chi connectivity index (χ1n) is 5.08. The van der Waals surface area contributed by atoms with Crippen LogP contribution in [0.4, 0.5) is 4.39 Å². The molecule has 0 bridgehead atoms. The minimum Gasteiger partial charge on any atom is -0.327 e. The Morgan fingerprint density at radius 1 is 1.41 bits per heavy atom. The van der Waals surface area contributed by atoms with Gasteiger partial charge in [0.15, 0.2) is 0 Å². The molecular formula is C11H15FN2O2S. The van der Waals surface area contributed by atoms with Gasteiger partial charge in [0.2, 0.25) is 10.0 Å². The van der Waals surface area contributed by atoms with Crippen LogP contribution in [0.15, 0.2) is 35.2 Å². The average Bonchev–Trinajstić information content (AvgIpc) is 2.28. The zero-order valence-electron chi connectivity index (χ0n) is 9.48. The molecule has 0 aliphatic heterocycles. The lowest BCUT2D eigenvalue weighted by atomic mass is 10.2. The minimum atomic E-state index is -3.66. The van der Waals surface area contributed by atoms with Crippen LogP contribution in [0.3, 0.4) is 0 Å². The number of hydrogen-bond donors (Lipinski definition) is 2. The predicted molar refractivity (Wildman–Crippen MR) is 64.5 cm³/mol. The monoisotopic (exact) mass is 258 g/mol. The highest BCUT2D eigenvalue weighted by atomic mass is 32.2. The Morgan fingerprint density at radius 3 is 2.71 bits per heavy atom. The van der Waals surface area contributed by atoms with Gasteiger partial charge in [-0.1, -0.05) is 18.2 Å². The lowest BCUT2D eigenvalue weighted by molar-refractivity contribution is 0.580. The summed E-state index contributed by atoms with van der Waals surface area (Å²) in [6.45, 7) is 2.05.